The van der Waals surface area contributed by atoms with Crippen molar-refractivity contribution in [3.63, 3.8) is 0 Å². The van der Waals surface area contributed by atoms with Gasteiger partial charge in [0.15, 0.2) is 0 Å². The third kappa shape index (κ3) is 5.78. The lowest BCUT2D eigenvalue weighted by Gasteiger charge is -2.34. The Morgan fingerprint density at radius 1 is 0.963 bits per heavy atom. The van der Waals surface area contributed by atoms with Crippen molar-refractivity contribution in [3.05, 3.63) is 35.9 Å². The molecular formula is C21H32N4O2. The fraction of sp³-hybridized carbons (Fsp3) is 0.619. The van der Waals surface area contributed by atoms with E-state index in [1.807, 2.05) is 19.9 Å². The molecule has 0 spiro atoms. The molecule has 2 N–H and O–H groups in total. The Morgan fingerprint density at radius 3 is 2.04 bits per heavy atom. The smallest absolute Gasteiger partial charge is 0.234 e. The highest BCUT2D eigenvalue weighted by Gasteiger charge is 2.44. The molecule has 0 unspecified atom stereocenters. The van der Waals surface area contributed by atoms with E-state index in [9.17, 15) is 9.59 Å². The van der Waals surface area contributed by atoms with Crippen LogP contribution in [0.15, 0.2) is 30.3 Å². The van der Waals surface area contributed by atoms with Gasteiger partial charge < -0.3 is 10.6 Å². The van der Waals surface area contributed by atoms with Crippen LogP contribution < -0.4 is 10.6 Å². The lowest BCUT2D eigenvalue weighted by atomic mass is 9.96. The van der Waals surface area contributed by atoms with Gasteiger partial charge in [0.25, 0.3) is 0 Å². The van der Waals surface area contributed by atoms with Gasteiger partial charge in [0.2, 0.25) is 11.8 Å². The quantitative estimate of drug-likeness (QED) is 0.714. The molecule has 6 heteroatoms. The molecule has 0 aromatic heterocycles. The molecule has 0 bridgehead atoms. The normalized spacial score (nSPS) is 19.7. The Morgan fingerprint density at radius 2 is 1.52 bits per heavy atom. The minimum absolute atomic E-state index is 0.0758. The van der Waals surface area contributed by atoms with E-state index in [2.05, 4.69) is 44.7 Å². The lowest BCUT2D eigenvalue weighted by molar-refractivity contribution is -0.125. The third-order valence-electron chi connectivity index (χ3n) is 5.51. The zero-order valence-corrected chi connectivity index (χ0v) is 16.5. The summed E-state index contributed by atoms with van der Waals surface area (Å²) in [5, 5.41) is 6.06. The summed E-state index contributed by atoms with van der Waals surface area (Å²) in [6.45, 7) is 8.85. The van der Waals surface area contributed by atoms with Crippen molar-refractivity contribution in [2.75, 3.05) is 45.8 Å². The van der Waals surface area contributed by atoms with Gasteiger partial charge >= 0.3 is 0 Å². The zero-order valence-electron chi connectivity index (χ0n) is 16.5. The first-order chi connectivity index (χ1) is 13.0. The van der Waals surface area contributed by atoms with Gasteiger partial charge in [-0.15, -0.1) is 0 Å². The summed E-state index contributed by atoms with van der Waals surface area (Å²) in [5.74, 6) is 0.176. The number of hydrogen-bond donors (Lipinski definition) is 2. The van der Waals surface area contributed by atoms with Gasteiger partial charge in [0, 0.05) is 44.2 Å². The van der Waals surface area contributed by atoms with E-state index >= 15 is 0 Å². The molecule has 1 aliphatic carbocycles. The minimum Gasteiger partial charge on any atom is -0.354 e. The molecule has 3 rings (SSSR count). The summed E-state index contributed by atoms with van der Waals surface area (Å²) >= 11 is 0. The number of hydrogen-bond acceptors (Lipinski definition) is 4. The van der Waals surface area contributed by atoms with Crippen LogP contribution in [-0.2, 0) is 15.0 Å². The molecule has 2 amide bonds. The van der Waals surface area contributed by atoms with Crippen LogP contribution in [0, 0.1) is 0 Å². The Kier molecular flexibility index (Phi) is 6.50. The van der Waals surface area contributed by atoms with Crippen molar-refractivity contribution in [1.82, 2.24) is 20.4 Å². The fourth-order valence-electron chi connectivity index (χ4n) is 3.71. The highest BCUT2D eigenvalue weighted by molar-refractivity contribution is 5.78. The van der Waals surface area contributed by atoms with Crippen LogP contribution >= 0.6 is 0 Å². The van der Waals surface area contributed by atoms with Gasteiger partial charge in [-0.1, -0.05) is 30.3 Å². The number of nitrogens with zero attached hydrogens (tertiary/aromatic N) is 2. The van der Waals surface area contributed by atoms with Crippen molar-refractivity contribution >= 4 is 11.8 Å². The van der Waals surface area contributed by atoms with E-state index in [0.29, 0.717) is 13.1 Å². The second-order valence-electron chi connectivity index (χ2n) is 8.20. The average Bonchev–Trinajstić information content (AvgIpc) is 3.43. The molecule has 1 heterocycles. The molecule has 0 radical (unpaired) electrons. The van der Waals surface area contributed by atoms with Crippen molar-refractivity contribution < 1.29 is 9.59 Å². The summed E-state index contributed by atoms with van der Waals surface area (Å²) in [6.07, 6.45) is 2.29. The SMILES string of the molecule is CC(C)NC(=O)CN1CCN(CC(=O)NCC2(c3ccccc3)CC2)CC1. The Bertz CT molecular complexity index is 635. The Hall–Kier alpha value is -1.92. The van der Waals surface area contributed by atoms with Crippen molar-refractivity contribution in [2.45, 2.75) is 38.1 Å². The summed E-state index contributed by atoms with van der Waals surface area (Å²) in [5.41, 5.74) is 1.48. The third-order valence-corrected chi connectivity index (χ3v) is 5.51. The van der Waals surface area contributed by atoms with Gasteiger partial charge in [-0.05, 0) is 32.3 Å². The highest BCUT2D eigenvalue weighted by Crippen LogP contribution is 2.47. The first kappa shape index (κ1) is 19.8. The number of amides is 2. The molecular weight excluding hydrogens is 340 g/mol. The topological polar surface area (TPSA) is 64.7 Å². The predicted octanol–water partition coefficient (Wildman–Crippen LogP) is 0.977. The van der Waals surface area contributed by atoms with E-state index in [1.54, 1.807) is 0 Å². The first-order valence-electron chi connectivity index (χ1n) is 10.0. The van der Waals surface area contributed by atoms with Crippen molar-refractivity contribution in [2.24, 2.45) is 0 Å². The van der Waals surface area contributed by atoms with Crippen molar-refractivity contribution in [1.29, 1.82) is 0 Å². The van der Waals surface area contributed by atoms with Crippen molar-refractivity contribution in [3.8, 4) is 0 Å². The van der Waals surface area contributed by atoms with E-state index < -0.39 is 0 Å². The number of carbonyl (C=O) groups excluding carboxylic acids is 2. The number of rotatable bonds is 8. The number of nitrogens with one attached hydrogen (secondary N) is 2. The van der Waals surface area contributed by atoms with Gasteiger partial charge in [-0.3, -0.25) is 19.4 Å². The molecule has 2 aliphatic rings. The van der Waals surface area contributed by atoms with E-state index in [0.717, 1.165) is 45.6 Å². The minimum atomic E-state index is 0.0758. The van der Waals surface area contributed by atoms with E-state index in [4.69, 9.17) is 0 Å². The molecule has 1 saturated heterocycles. The molecule has 1 aromatic rings. The maximum atomic E-state index is 12.4. The second-order valence-corrected chi connectivity index (χ2v) is 8.20. The summed E-state index contributed by atoms with van der Waals surface area (Å²) in [7, 11) is 0. The van der Waals surface area contributed by atoms with Gasteiger partial charge in [-0.2, -0.15) is 0 Å². The van der Waals surface area contributed by atoms with Crippen LogP contribution in [0.3, 0.4) is 0 Å². The number of benzene rings is 1. The van der Waals surface area contributed by atoms with Crippen LogP contribution in [0.1, 0.15) is 32.3 Å². The molecule has 27 heavy (non-hydrogen) atoms. The molecule has 1 aliphatic heterocycles. The average molecular weight is 373 g/mol. The molecule has 1 saturated carbocycles. The Balaban J connectivity index is 1.36. The highest BCUT2D eigenvalue weighted by atomic mass is 16.2. The van der Waals surface area contributed by atoms with Gasteiger partial charge in [-0.25, -0.2) is 0 Å². The molecule has 0 atom stereocenters. The first-order valence-corrected chi connectivity index (χ1v) is 10.0. The summed E-state index contributed by atoms with van der Waals surface area (Å²) in [4.78, 5) is 28.5. The van der Waals surface area contributed by atoms with Crippen LogP contribution in [0.25, 0.3) is 0 Å². The molecule has 1 aromatic carbocycles. The van der Waals surface area contributed by atoms with Gasteiger partial charge in [0.1, 0.15) is 0 Å². The fourth-order valence-corrected chi connectivity index (χ4v) is 3.71. The van der Waals surface area contributed by atoms with E-state index in [-0.39, 0.29) is 23.3 Å². The van der Waals surface area contributed by atoms with E-state index in [1.165, 1.54) is 5.56 Å². The molecule has 6 nitrogen and oxygen atoms in total. The maximum Gasteiger partial charge on any atom is 0.234 e. The standard InChI is InChI=1S/C21H32N4O2/c1-17(2)23-20(27)15-25-12-10-24(11-13-25)14-19(26)22-16-21(8-9-21)18-6-4-3-5-7-18/h3-7,17H,8-16H2,1-2H3,(H,22,26)(H,23,27). The molecule has 2 fully saturated rings. The Labute approximate surface area is 162 Å². The molecule has 148 valence electrons. The second kappa shape index (κ2) is 8.85. The number of carbonyl (C=O) groups is 2. The summed E-state index contributed by atoms with van der Waals surface area (Å²) < 4.78 is 0. The van der Waals surface area contributed by atoms with Gasteiger partial charge in [0.05, 0.1) is 13.1 Å². The van der Waals surface area contributed by atoms with Crippen LogP contribution in [-0.4, -0.2) is 73.5 Å². The number of piperazine rings is 1. The largest absolute Gasteiger partial charge is 0.354 e. The van der Waals surface area contributed by atoms with Crippen LogP contribution in [0.4, 0.5) is 0 Å². The lowest BCUT2D eigenvalue weighted by Crippen LogP contribution is -2.52. The monoisotopic (exact) mass is 372 g/mol. The summed E-state index contributed by atoms with van der Waals surface area (Å²) in [6, 6.07) is 10.7. The van der Waals surface area contributed by atoms with Crippen LogP contribution in [0.5, 0.6) is 0 Å². The zero-order chi connectivity index (χ0) is 19.3. The maximum absolute atomic E-state index is 12.4. The predicted molar refractivity (Wildman–Crippen MR) is 107 cm³/mol. The van der Waals surface area contributed by atoms with Crippen LogP contribution in [0.2, 0.25) is 0 Å².